The van der Waals surface area contributed by atoms with Crippen molar-refractivity contribution in [1.82, 2.24) is 9.97 Å². The summed E-state index contributed by atoms with van der Waals surface area (Å²) in [7, 11) is 0. The van der Waals surface area contributed by atoms with Gasteiger partial charge in [-0.3, -0.25) is 0 Å². The van der Waals surface area contributed by atoms with Gasteiger partial charge in [-0.15, -0.1) is 0 Å². The van der Waals surface area contributed by atoms with Gasteiger partial charge >= 0.3 is 0 Å². The van der Waals surface area contributed by atoms with E-state index in [1.807, 2.05) is 19.1 Å². The van der Waals surface area contributed by atoms with Crippen molar-refractivity contribution in [1.29, 1.82) is 0 Å². The monoisotopic (exact) mass is 186 g/mol. The maximum absolute atomic E-state index is 9.12. The van der Waals surface area contributed by atoms with Crippen LogP contribution in [-0.4, -0.2) is 15.1 Å². The van der Waals surface area contributed by atoms with Crippen molar-refractivity contribution >= 4 is 0 Å². The minimum atomic E-state index is 0.266. The molecular formula is C11H10N2O. The molecule has 0 aliphatic carbocycles. The van der Waals surface area contributed by atoms with Crippen molar-refractivity contribution in [3.05, 3.63) is 42.5 Å². The van der Waals surface area contributed by atoms with Crippen LogP contribution >= 0.6 is 0 Å². The number of rotatable bonds is 1. The van der Waals surface area contributed by atoms with E-state index in [2.05, 4.69) is 9.97 Å². The lowest BCUT2D eigenvalue weighted by Crippen LogP contribution is -1.87. The van der Waals surface area contributed by atoms with Crippen molar-refractivity contribution in [2.75, 3.05) is 0 Å². The Labute approximate surface area is 82.1 Å². The number of aromatic nitrogens is 2. The van der Waals surface area contributed by atoms with Gasteiger partial charge in [0.05, 0.1) is 0 Å². The third-order valence-electron chi connectivity index (χ3n) is 1.98. The van der Waals surface area contributed by atoms with Crippen LogP contribution in [0.3, 0.4) is 0 Å². The summed E-state index contributed by atoms with van der Waals surface area (Å²) in [6.45, 7) is 1.85. The molecule has 3 heteroatoms. The smallest absolute Gasteiger partial charge is 0.125 e. The Bertz CT molecular complexity index is 377. The maximum Gasteiger partial charge on any atom is 0.125 e. The summed E-state index contributed by atoms with van der Waals surface area (Å²) in [5, 5.41) is 9.12. The highest BCUT2D eigenvalue weighted by Gasteiger charge is 1.97. The van der Waals surface area contributed by atoms with Gasteiger partial charge in [-0.2, -0.15) is 0 Å². The highest BCUT2D eigenvalue weighted by molar-refractivity contribution is 5.62. The molecule has 0 fully saturated rings. The predicted molar refractivity (Wildman–Crippen MR) is 53.9 cm³/mol. The van der Waals surface area contributed by atoms with Crippen LogP contribution < -0.4 is 0 Å². The second kappa shape index (κ2) is 3.46. The third kappa shape index (κ3) is 1.71. The second-order valence-corrected chi connectivity index (χ2v) is 3.07. The van der Waals surface area contributed by atoms with Gasteiger partial charge < -0.3 is 5.11 Å². The zero-order valence-corrected chi connectivity index (χ0v) is 7.81. The van der Waals surface area contributed by atoms with E-state index in [1.54, 1.807) is 24.5 Å². The third-order valence-corrected chi connectivity index (χ3v) is 1.98. The van der Waals surface area contributed by atoms with Crippen LogP contribution in [0.15, 0.2) is 36.7 Å². The van der Waals surface area contributed by atoms with Crippen LogP contribution in [-0.2, 0) is 0 Å². The van der Waals surface area contributed by atoms with Gasteiger partial charge in [0.2, 0.25) is 0 Å². The molecule has 2 rings (SSSR count). The minimum Gasteiger partial charge on any atom is -0.508 e. The maximum atomic E-state index is 9.12. The number of benzene rings is 1. The molecular weight excluding hydrogens is 176 g/mol. The number of phenolic OH excluding ortho intramolecular Hbond substituents is 1. The first-order valence-electron chi connectivity index (χ1n) is 4.34. The van der Waals surface area contributed by atoms with Gasteiger partial charge in [-0.05, 0) is 24.6 Å². The predicted octanol–water partition coefficient (Wildman–Crippen LogP) is 2.16. The molecule has 1 aromatic carbocycles. The molecule has 3 nitrogen and oxygen atoms in total. The van der Waals surface area contributed by atoms with E-state index in [1.165, 1.54) is 0 Å². The van der Waals surface area contributed by atoms with Crippen LogP contribution in [0, 0.1) is 6.92 Å². The van der Waals surface area contributed by atoms with Crippen molar-refractivity contribution < 1.29 is 5.11 Å². The first-order valence-corrected chi connectivity index (χ1v) is 4.34. The fourth-order valence-electron chi connectivity index (χ4n) is 1.20. The Balaban J connectivity index is 2.40. The summed E-state index contributed by atoms with van der Waals surface area (Å²) in [6, 6.07) is 6.97. The molecule has 70 valence electrons. The normalized spacial score (nSPS) is 10.1. The molecule has 0 unspecified atom stereocenters. The molecule has 0 spiro atoms. The highest BCUT2D eigenvalue weighted by atomic mass is 16.3. The summed E-state index contributed by atoms with van der Waals surface area (Å²) in [4.78, 5) is 8.21. The van der Waals surface area contributed by atoms with Gasteiger partial charge in [0.15, 0.2) is 0 Å². The lowest BCUT2D eigenvalue weighted by molar-refractivity contribution is 0.475. The fraction of sp³-hybridized carbons (Fsp3) is 0.0909. The van der Waals surface area contributed by atoms with Crippen molar-refractivity contribution in [2.45, 2.75) is 6.92 Å². The Morgan fingerprint density at radius 3 is 2.07 bits per heavy atom. The minimum absolute atomic E-state index is 0.266. The van der Waals surface area contributed by atoms with E-state index in [0.29, 0.717) is 0 Å². The number of aryl methyl sites for hydroxylation is 1. The van der Waals surface area contributed by atoms with Crippen molar-refractivity contribution in [3.8, 4) is 16.9 Å². The Morgan fingerprint density at radius 1 is 0.929 bits per heavy atom. The number of hydrogen-bond acceptors (Lipinski definition) is 3. The second-order valence-electron chi connectivity index (χ2n) is 3.07. The average molecular weight is 186 g/mol. The van der Waals surface area contributed by atoms with Crippen molar-refractivity contribution in [2.24, 2.45) is 0 Å². The van der Waals surface area contributed by atoms with Gasteiger partial charge in [0.25, 0.3) is 0 Å². The van der Waals surface area contributed by atoms with Crippen LogP contribution in [0.25, 0.3) is 11.1 Å². The van der Waals surface area contributed by atoms with E-state index < -0.39 is 0 Å². The van der Waals surface area contributed by atoms with Crippen molar-refractivity contribution in [3.63, 3.8) is 0 Å². The first-order chi connectivity index (χ1) is 6.75. The van der Waals surface area contributed by atoms with Gasteiger partial charge in [0, 0.05) is 18.0 Å². The molecule has 14 heavy (non-hydrogen) atoms. The molecule has 0 amide bonds. The molecule has 0 saturated carbocycles. The lowest BCUT2D eigenvalue weighted by atomic mass is 10.1. The average Bonchev–Trinajstić information content (AvgIpc) is 2.21. The molecule has 0 aliphatic heterocycles. The van der Waals surface area contributed by atoms with Crippen LogP contribution in [0.4, 0.5) is 0 Å². The van der Waals surface area contributed by atoms with Crippen LogP contribution in [0.5, 0.6) is 5.75 Å². The quantitative estimate of drug-likeness (QED) is 0.742. The van der Waals surface area contributed by atoms with E-state index in [0.717, 1.165) is 17.0 Å². The zero-order chi connectivity index (χ0) is 9.97. The lowest BCUT2D eigenvalue weighted by Gasteiger charge is -2.00. The molecule has 0 atom stereocenters. The number of aromatic hydroxyl groups is 1. The van der Waals surface area contributed by atoms with Gasteiger partial charge in [-0.25, -0.2) is 9.97 Å². The standard InChI is InChI=1S/C11H10N2O/c1-8-12-6-10(7-13-8)9-2-4-11(14)5-3-9/h2-7,14H,1H3. The van der Waals surface area contributed by atoms with Gasteiger partial charge in [-0.1, -0.05) is 12.1 Å². The van der Waals surface area contributed by atoms with Gasteiger partial charge in [0.1, 0.15) is 11.6 Å². The topological polar surface area (TPSA) is 46.0 Å². The van der Waals surface area contributed by atoms with E-state index in [9.17, 15) is 0 Å². The Morgan fingerprint density at radius 2 is 1.50 bits per heavy atom. The summed E-state index contributed by atoms with van der Waals surface area (Å²) < 4.78 is 0. The SMILES string of the molecule is Cc1ncc(-c2ccc(O)cc2)cn1. The highest BCUT2D eigenvalue weighted by Crippen LogP contribution is 2.19. The molecule has 0 aliphatic rings. The summed E-state index contributed by atoms with van der Waals surface area (Å²) >= 11 is 0. The summed E-state index contributed by atoms with van der Waals surface area (Å²) in [5.41, 5.74) is 1.96. The molecule has 2 aromatic rings. The first kappa shape index (κ1) is 8.69. The molecule has 1 heterocycles. The molecule has 0 radical (unpaired) electrons. The number of hydrogen-bond donors (Lipinski definition) is 1. The number of nitrogens with zero attached hydrogens (tertiary/aromatic N) is 2. The van der Waals surface area contributed by atoms with E-state index in [4.69, 9.17) is 5.11 Å². The summed E-state index contributed by atoms with van der Waals surface area (Å²) in [5.74, 6) is 1.02. The molecule has 0 saturated heterocycles. The van der Waals surface area contributed by atoms with E-state index in [-0.39, 0.29) is 5.75 Å². The largest absolute Gasteiger partial charge is 0.508 e. The van der Waals surface area contributed by atoms with Crippen LogP contribution in [0.1, 0.15) is 5.82 Å². The fourth-order valence-corrected chi connectivity index (χ4v) is 1.20. The Hall–Kier alpha value is -1.90. The zero-order valence-electron chi connectivity index (χ0n) is 7.81. The molecule has 1 N–H and O–H groups in total. The Kier molecular flexibility index (Phi) is 2.14. The summed E-state index contributed by atoms with van der Waals surface area (Å²) in [6.07, 6.45) is 3.55. The van der Waals surface area contributed by atoms with E-state index >= 15 is 0 Å². The van der Waals surface area contributed by atoms with Crippen LogP contribution in [0.2, 0.25) is 0 Å². The molecule has 1 aromatic heterocycles. The molecule has 0 bridgehead atoms. The number of phenols is 1.